The number of aliphatic hydroxyl groups is 3. The van der Waals surface area contributed by atoms with Gasteiger partial charge in [-0.05, 0) is 50.0 Å². The van der Waals surface area contributed by atoms with Gasteiger partial charge in [0.15, 0.2) is 11.4 Å². The van der Waals surface area contributed by atoms with Crippen LogP contribution in [0.5, 0.6) is 5.75 Å². The molecule has 1 amide bonds. The molecule has 4 atom stereocenters. The standard InChI is InChI=1S/C25H28N4O8/c1-28(2)19-13-8-11-7-12-10(9-29-15(26)5-6-37-29)3-4-14(30)17(12)20(31)16(11)22(33)25(13,36)23(34)18(21(19)32)24(27)35/h3-4,11,13,19,26,30-31,34,36H,5-9H2,1-2H3,(H2,27,35). The number of rotatable bonds is 4. The molecule has 4 aliphatic rings. The number of aliphatic hydroxyl groups excluding tert-OH is 2. The number of phenols is 1. The van der Waals surface area contributed by atoms with Crippen molar-refractivity contribution in [2.45, 2.75) is 37.5 Å². The number of likely N-dealkylation sites (N-methyl/N-ethyl adjacent to an activating group) is 1. The number of benzene rings is 1. The van der Waals surface area contributed by atoms with Crippen molar-refractivity contribution in [1.82, 2.24) is 9.96 Å². The van der Waals surface area contributed by atoms with Gasteiger partial charge in [0.05, 0.1) is 24.8 Å². The highest BCUT2D eigenvalue weighted by Crippen LogP contribution is 2.53. The molecule has 1 heterocycles. The van der Waals surface area contributed by atoms with Gasteiger partial charge in [-0.2, -0.15) is 0 Å². The van der Waals surface area contributed by atoms with Crippen LogP contribution in [-0.4, -0.2) is 86.0 Å². The van der Waals surface area contributed by atoms with E-state index in [1.165, 1.54) is 16.0 Å². The number of fused-ring (bicyclic) bond motifs is 3. The maximum atomic E-state index is 13.8. The highest BCUT2D eigenvalue weighted by Gasteiger charge is 2.64. The first-order valence-electron chi connectivity index (χ1n) is 11.9. The maximum Gasteiger partial charge on any atom is 0.255 e. The second kappa shape index (κ2) is 8.40. The number of aromatic hydroxyl groups is 1. The summed E-state index contributed by atoms with van der Waals surface area (Å²) < 4.78 is 0. The van der Waals surface area contributed by atoms with Crippen LogP contribution in [0.4, 0.5) is 0 Å². The van der Waals surface area contributed by atoms with Gasteiger partial charge in [0.2, 0.25) is 5.78 Å². The van der Waals surface area contributed by atoms with Gasteiger partial charge in [0, 0.05) is 17.9 Å². The molecule has 2 fully saturated rings. The second-order valence-corrected chi connectivity index (χ2v) is 10.1. The first kappa shape index (κ1) is 24.9. The molecule has 0 radical (unpaired) electrons. The predicted molar refractivity (Wildman–Crippen MR) is 128 cm³/mol. The molecule has 1 aromatic carbocycles. The third-order valence-electron chi connectivity index (χ3n) is 7.90. The number of Topliss-reactive ketones (excluding diaryl/α,β-unsaturated/α-hetero) is 2. The molecule has 7 N–H and O–H groups in total. The van der Waals surface area contributed by atoms with E-state index in [1.807, 2.05) is 0 Å². The highest BCUT2D eigenvalue weighted by molar-refractivity contribution is 6.24. The van der Waals surface area contributed by atoms with Crippen LogP contribution in [0.15, 0.2) is 29.0 Å². The molecule has 1 saturated heterocycles. The van der Waals surface area contributed by atoms with Crippen molar-refractivity contribution in [3.8, 4) is 5.75 Å². The van der Waals surface area contributed by atoms with Crippen LogP contribution in [0.1, 0.15) is 29.5 Å². The summed E-state index contributed by atoms with van der Waals surface area (Å²) in [6, 6.07) is 1.88. The third-order valence-corrected chi connectivity index (χ3v) is 7.90. The minimum atomic E-state index is -2.67. The Bertz CT molecular complexity index is 1330. The molecule has 37 heavy (non-hydrogen) atoms. The van der Waals surface area contributed by atoms with E-state index in [1.54, 1.807) is 20.2 Å². The zero-order valence-corrected chi connectivity index (χ0v) is 20.3. The second-order valence-electron chi connectivity index (χ2n) is 10.1. The van der Waals surface area contributed by atoms with Gasteiger partial charge in [0.1, 0.15) is 28.7 Å². The van der Waals surface area contributed by atoms with Crippen LogP contribution in [0, 0.1) is 17.2 Å². The lowest BCUT2D eigenvalue weighted by atomic mass is 9.57. The Hall–Kier alpha value is -3.74. The average molecular weight is 513 g/mol. The topological polar surface area (TPSA) is 198 Å². The summed E-state index contributed by atoms with van der Waals surface area (Å²) in [6.07, 6.45) is 0.646. The summed E-state index contributed by atoms with van der Waals surface area (Å²) in [7, 11) is 3.10. The number of phenolic OH excluding ortho intramolecular Hbond substituents is 1. The van der Waals surface area contributed by atoms with E-state index in [0.717, 1.165) is 0 Å². The van der Waals surface area contributed by atoms with Gasteiger partial charge in [0.25, 0.3) is 5.91 Å². The van der Waals surface area contributed by atoms with Crippen molar-refractivity contribution >= 4 is 29.1 Å². The number of hydrogen-bond acceptors (Lipinski definition) is 10. The molecule has 0 aromatic heterocycles. The van der Waals surface area contributed by atoms with Crippen LogP contribution in [0.3, 0.4) is 0 Å². The van der Waals surface area contributed by atoms with Crippen molar-refractivity contribution in [1.29, 1.82) is 5.41 Å². The molecule has 12 nitrogen and oxygen atoms in total. The minimum Gasteiger partial charge on any atom is -0.508 e. The van der Waals surface area contributed by atoms with Gasteiger partial charge in [-0.15, -0.1) is 0 Å². The third kappa shape index (κ3) is 3.40. The number of ketones is 2. The number of amides is 1. The molecule has 0 bridgehead atoms. The van der Waals surface area contributed by atoms with Crippen molar-refractivity contribution in [2.24, 2.45) is 17.6 Å². The maximum absolute atomic E-state index is 13.8. The SMILES string of the molecule is CN(C)C1C(=O)C(C(N)=O)=C(O)C2(O)C(=O)C3=C(O)c4c(O)ccc(CN5OCCC5=N)c4CC3CC12. The zero-order valence-electron chi connectivity index (χ0n) is 20.3. The Morgan fingerprint density at radius 3 is 2.57 bits per heavy atom. The molecule has 1 aromatic rings. The molecular weight excluding hydrogens is 484 g/mol. The Balaban J connectivity index is 1.67. The number of nitrogens with two attached hydrogens (primary N) is 1. The molecular formula is C25H28N4O8. The summed E-state index contributed by atoms with van der Waals surface area (Å²) in [4.78, 5) is 46.0. The smallest absolute Gasteiger partial charge is 0.255 e. The fourth-order valence-corrected chi connectivity index (χ4v) is 6.21. The van der Waals surface area contributed by atoms with E-state index in [2.05, 4.69) is 0 Å². The lowest BCUT2D eigenvalue weighted by molar-refractivity contribution is -0.153. The Morgan fingerprint density at radius 1 is 1.27 bits per heavy atom. The van der Waals surface area contributed by atoms with E-state index in [4.69, 9.17) is 16.0 Å². The first-order chi connectivity index (χ1) is 17.4. The summed E-state index contributed by atoms with van der Waals surface area (Å²) in [6.45, 7) is 0.554. The Morgan fingerprint density at radius 2 is 1.97 bits per heavy atom. The Labute approximate surface area is 211 Å². The summed E-state index contributed by atoms with van der Waals surface area (Å²) >= 11 is 0. The summed E-state index contributed by atoms with van der Waals surface area (Å²) in [5.41, 5.74) is 2.84. The zero-order chi connectivity index (χ0) is 27.0. The molecule has 5 rings (SSSR count). The van der Waals surface area contributed by atoms with Crippen LogP contribution < -0.4 is 5.73 Å². The summed E-state index contributed by atoms with van der Waals surface area (Å²) in [5.74, 6) is -6.60. The molecule has 12 heteroatoms. The van der Waals surface area contributed by atoms with Crippen molar-refractivity contribution in [3.63, 3.8) is 0 Å². The van der Waals surface area contributed by atoms with Gasteiger partial charge in [-0.3, -0.25) is 29.5 Å². The quantitative estimate of drug-likeness (QED) is 0.300. The lowest BCUT2D eigenvalue weighted by Crippen LogP contribution is -2.65. The Kier molecular flexibility index (Phi) is 5.66. The lowest BCUT2D eigenvalue weighted by Gasteiger charge is -2.50. The van der Waals surface area contributed by atoms with Gasteiger partial charge < -0.3 is 26.2 Å². The van der Waals surface area contributed by atoms with Crippen LogP contribution in [0.2, 0.25) is 0 Å². The number of nitrogens with zero attached hydrogens (tertiary/aromatic N) is 2. The number of carbonyl (C=O) groups excluding carboxylic acids is 3. The van der Waals surface area contributed by atoms with Crippen molar-refractivity contribution < 1.29 is 39.6 Å². The number of hydrogen-bond donors (Lipinski definition) is 6. The largest absolute Gasteiger partial charge is 0.508 e. The number of primary amides is 1. The van der Waals surface area contributed by atoms with Crippen molar-refractivity contribution in [2.75, 3.05) is 20.7 Å². The van der Waals surface area contributed by atoms with E-state index >= 15 is 0 Å². The molecule has 1 saturated carbocycles. The molecule has 0 spiro atoms. The number of amidine groups is 1. The van der Waals surface area contributed by atoms with Crippen molar-refractivity contribution in [3.05, 3.63) is 45.7 Å². The van der Waals surface area contributed by atoms with Crippen LogP contribution in [-0.2, 0) is 32.2 Å². The minimum absolute atomic E-state index is 0.0108. The fraction of sp³-hybridized carbons (Fsp3) is 0.440. The fourth-order valence-electron chi connectivity index (χ4n) is 6.21. The predicted octanol–water partition coefficient (Wildman–Crippen LogP) is 0.0786. The number of hydroxylamine groups is 2. The van der Waals surface area contributed by atoms with E-state index < -0.39 is 58.0 Å². The van der Waals surface area contributed by atoms with Crippen LogP contribution >= 0.6 is 0 Å². The molecule has 3 aliphatic carbocycles. The number of nitrogens with one attached hydrogen (secondary N) is 1. The first-order valence-corrected chi connectivity index (χ1v) is 11.9. The monoisotopic (exact) mass is 512 g/mol. The highest BCUT2D eigenvalue weighted by atomic mass is 16.7. The number of carbonyl (C=O) groups is 3. The van der Waals surface area contributed by atoms with Gasteiger partial charge >= 0.3 is 0 Å². The van der Waals surface area contributed by atoms with Crippen LogP contribution in [0.25, 0.3) is 5.76 Å². The molecule has 1 aliphatic heterocycles. The van der Waals surface area contributed by atoms with E-state index in [0.29, 0.717) is 24.2 Å². The van der Waals surface area contributed by atoms with E-state index in [9.17, 15) is 34.8 Å². The molecule has 4 unspecified atom stereocenters. The normalized spacial score (nSPS) is 29.6. The van der Waals surface area contributed by atoms with Gasteiger partial charge in [-0.1, -0.05) is 6.07 Å². The average Bonchev–Trinajstić information content (AvgIpc) is 3.22. The van der Waals surface area contributed by atoms with Gasteiger partial charge in [-0.25, -0.2) is 5.06 Å². The summed E-state index contributed by atoms with van der Waals surface area (Å²) in [5, 5.41) is 53.9. The van der Waals surface area contributed by atoms with E-state index in [-0.39, 0.29) is 42.1 Å². The molecule has 196 valence electrons.